The van der Waals surface area contributed by atoms with E-state index in [0.717, 1.165) is 32.0 Å². The van der Waals surface area contributed by atoms with E-state index in [1.54, 1.807) is 7.11 Å². The number of aromatic nitrogens is 2. The van der Waals surface area contributed by atoms with Crippen LogP contribution in [0.5, 0.6) is 5.88 Å². The highest BCUT2D eigenvalue weighted by Gasteiger charge is 2.11. The molecule has 1 aliphatic rings. The summed E-state index contributed by atoms with van der Waals surface area (Å²) in [6.07, 6.45) is 1.54. The molecule has 1 aromatic rings. The van der Waals surface area contributed by atoms with Gasteiger partial charge in [-0.25, -0.2) is 9.97 Å². The van der Waals surface area contributed by atoms with E-state index >= 15 is 0 Å². The van der Waals surface area contributed by atoms with Crippen molar-refractivity contribution in [3.05, 3.63) is 12.4 Å². The Bertz CT molecular complexity index is 307. The second-order valence-corrected chi connectivity index (χ2v) is 3.16. The first-order chi connectivity index (χ1) is 6.90. The number of piperazine rings is 1. The Hall–Kier alpha value is -0.780. The lowest BCUT2D eigenvalue weighted by Crippen LogP contribution is -2.43. The lowest BCUT2D eigenvalue weighted by Gasteiger charge is -2.28. The van der Waals surface area contributed by atoms with Crippen molar-refractivity contribution < 1.29 is 4.74 Å². The Kier molecular flexibility index (Phi) is 7.12. The van der Waals surface area contributed by atoms with Crippen LogP contribution in [0.4, 0.5) is 5.82 Å². The standard InChI is InChI=1S/C9H14N4O.2ClH/c1-14-9-6-8(11-7-12-9)13-4-2-10-3-5-13;;/h6-7,10H,2-5H2,1H3;2*1H. The minimum Gasteiger partial charge on any atom is -0.481 e. The maximum atomic E-state index is 5.05. The molecule has 7 heteroatoms. The summed E-state index contributed by atoms with van der Waals surface area (Å²) in [6.45, 7) is 3.99. The third-order valence-electron chi connectivity index (χ3n) is 2.28. The van der Waals surface area contributed by atoms with E-state index in [1.165, 1.54) is 6.33 Å². The van der Waals surface area contributed by atoms with Crippen LogP contribution in [-0.2, 0) is 0 Å². The van der Waals surface area contributed by atoms with Crippen molar-refractivity contribution in [3.63, 3.8) is 0 Å². The monoisotopic (exact) mass is 266 g/mol. The molecule has 0 bridgehead atoms. The molecular formula is C9H16Cl2N4O. The average molecular weight is 267 g/mol. The van der Waals surface area contributed by atoms with E-state index in [4.69, 9.17) is 4.74 Å². The van der Waals surface area contributed by atoms with Crippen molar-refractivity contribution in [1.29, 1.82) is 0 Å². The summed E-state index contributed by atoms with van der Waals surface area (Å²) in [5.41, 5.74) is 0. The van der Waals surface area contributed by atoms with Crippen molar-refractivity contribution in [2.45, 2.75) is 0 Å². The molecule has 0 aliphatic carbocycles. The Balaban J connectivity index is 0.00000112. The predicted octanol–water partition coefficient (Wildman–Crippen LogP) is 0.738. The Morgan fingerprint density at radius 1 is 1.25 bits per heavy atom. The van der Waals surface area contributed by atoms with Crippen molar-refractivity contribution >= 4 is 30.6 Å². The molecule has 1 saturated heterocycles. The van der Waals surface area contributed by atoms with Gasteiger partial charge < -0.3 is 15.0 Å². The first kappa shape index (κ1) is 15.2. The van der Waals surface area contributed by atoms with Gasteiger partial charge >= 0.3 is 0 Å². The molecular weight excluding hydrogens is 251 g/mol. The predicted molar refractivity (Wildman–Crippen MR) is 68.2 cm³/mol. The number of ether oxygens (including phenoxy) is 1. The molecule has 1 aromatic heterocycles. The molecule has 1 aliphatic heterocycles. The van der Waals surface area contributed by atoms with Crippen LogP contribution < -0.4 is 15.0 Å². The maximum absolute atomic E-state index is 5.05. The third kappa shape index (κ3) is 3.66. The van der Waals surface area contributed by atoms with Crippen LogP contribution >= 0.6 is 24.8 Å². The molecule has 0 unspecified atom stereocenters. The van der Waals surface area contributed by atoms with E-state index < -0.39 is 0 Å². The highest BCUT2D eigenvalue weighted by molar-refractivity contribution is 5.85. The maximum Gasteiger partial charge on any atom is 0.218 e. The van der Waals surface area contributed by atoms with Gasteiger partial charge in [0, 0.05) is 32.2 Å². The molecule has 92 valence electrons. The number of nitrogens with one attached hydrogen (secondary N) is 1. The van der Waals surface area contributed by atoms with E-state index in [2.05, 4.69) is 20.2 Å². The number of methoxy groups -OCH3 is 1. The van der Waals surface area contributed by atoms with Crippen molar-refractivity contribution in [3.8, 4) is 5.88 Å². The number of hydrogen-bond donors (Lipinski definition) is 1. The van der Waals surface area contributed by atoms with Crippen LogP contribution in [0, 0.1) is 0 Å². The largest absolute Gasteiger partial charge is 0.481 e. The summed E-state index contributed by atoms with van der Waals surface area (Å²) in [4.78, 5) is 10.4. The molecule has 0 atom stereocenters. The minimum absolute atomic E-state index is 0. The van der Waals surface area contributed by atoms with Crippen molar-refractivity contribution in [2.24, 2.45) is 0 Å². The third-order valence-corrected chi connectivity index (χ3v) is 2.28. The van der Waals surface area contributed by atoms with E-state index in [-0.39, 0.29) is 24.8 Å². The second kappa shape index (κ2) is 7.49. The Morgan fingerprint density at radius 3 is 2.56 bits per heavy atom. The van der Waals surface area contributed by atoms with Gasteiger partial charge in [0.05, 0.1) is 7.11 Å². The summed E-state index contributed by atoms with van der Waals surface area (Å²) in [5, 5.41) is 3.30. The fourth-order valence-corrected chi connectivity index (χ4v) is 1.51. The highest BCUT2D eigenvalue weighted by Crippen LogP contribution is 2.15. The molecule has 0 amide bonds. The normalized spacial score (nSPS) is 14.7. The molecule has 0 aromatic carbocycles. The van der Waals surface area contributed by atoms with Gasteiger partial charge in [-0.2, -0.15) is 0 Å². The van der Waals surface area contributed by atoms with Gasteiger partial charge in [0.1, 0.15) is 12.1 Å². The lowest BCUT2D eigenvalue weighted by molar-refractivity contribution is 0.396. The zero-order valence-electron chi connectivity index (χ0n) is 9.05. The molecule has 1 fully saturated rings. The number of hydrogen-bond acceptors (Lipinski definition) is 5. The molecule has 2 heterocycles. The van der Waals surface area contributed by atoms with Gasteiger partial charge in [0.15, 0.2) is 0 Å². The number of rotatable bonds is 2. The number of anilines is 1. The molecule has 0 radical (unpaired) electrons. The molecule has 1 N–H and O–H groups in total. The number of halogens is 2. The number of nitrogens with zero attached hydrogens (tertiary/aromatic N) is 3. The van der Waals surface area contributed by atoms with Crippen LogP contribution in [0.3, 0.4) is 0 Å². The first-order valence-corrected chi connectivity index (χ1v) is 4.72. The quantitative estimate of drug-likeness (QED) is 0.856. The lowest BCUT2D eigenvalue weighted by atomic mass is 10.3. The van der Waals surface area contributed by atoms with Gasteiger partial charge in [-0.3, -0.25) is 0 Å². The van der Waals surface area contributed by atoms with Crippen LogP contribution in [0.15, 0.2) is 12.4 Å². The summed E-state index contributed by atoms with van der Waals surface area (Å²) in [5.74, 6) is 1.56. The fraction of sp³-hybridized carbons (Fsp3) is 0.556. The average Bonchev–Trinajstić information content (AvgIpc) is 2.30. The first-order valence-electron chi connectivity index (χ1n) is 4.72. The summed E-state index contributed by atoms with van der Waals surface area (Å²) < 4.78 is 5.05. The zero-order valence-corrected chi connectivity index (χ0v) is 10.7. The zero-order chi connectivity index (χ0) is 9.80. The van der Waals surface area contributed by atoms with Gasteiger partial charge in [0.25, 0.3) is 0 Å². The van der Waals surface area contributed by atoms with Crippen LogP contribution in [0.25, 0.3) is 0 Å². The Morgan fingerprint density at radius 2 is 1.94 bits per heavy atom. The molecule has 5 nitrogen and oxygen atoms in total. The molecule has 0 spiro atoms. The molecule has 16 heavy (non-hydrogen) atoms. The van der Waals surface area contributed by atoms with Gasteiger partial charge in [0.2, 0.25) is 5.88 Å². The van der Waals surface area contributed by atoms with Crippen LogP contribution in [0.2, 0.25) is 0 Å². The molecule has 0 saturated carbocycles. The summed E-state index contributed by atoms with van der Waals surface area (Å²) in [6, 6.07) is 1.87. The summed E-state index contributed by atoms with van der Waals surface area (Å²) in [7, 11) is 1.61. The van der Waals surface area contributed by atoms with E-state index in [9.17, 15) is 0 Å². The second-order valence-electron chi connectivity index (χ2n) is 3.16. The van der Waals surface area contributed by atoms with Gasteiger partial charge in [-0.05, 0) is 0 Å². The fourth-order valence-electron chi connectivity index (χ4n) is 1.51. The van der Waals surface area contributed by atoms with E-state index in [1.807, 2.05) is 6.07 Å². The van der Waals surface area contributed by atoms with Gasteiger partial charge in [-0.15, -0.1) is 24.8 Å². The minimum atomic E-state index is 0. The SMILES string of the molecule is COc1cc(N2CCNCC2)ncn1.Cl.Cl. The topological polar surface area (TPSA) is 50.3 Å². The van der Waals surface area contributed by atoms with Crippen LogP contribution in [0.1, 0.15) is 0 Å². The molecule has 2 rings (SSSR count). The van der Waals surface area contributed by atoms with Crippen molar-refractivity contribution in [1.82, 2.24) is 15.3 Å². The summed E-state index contributed by atoms with van der Waals surface area (Å²) >= 11 is 0. The van der Waals surface area contributed by atoms with E-state index in [0.29, 0.717) is 5.88 Å². The van der Waals surface area contributed by atoms with Crippen molar-refractivity contribution in [2.75, 3.05) is 38.2 Å². The smallest absolute Gasteiger partial charge is 0.218 e. The Labute approximate surface area is 107 Å². The van der Waals surface area contributed by atoms with Gasteiger partial charge in [-0.1, -0.05) is 0 Å². The highest BCUT2D eigenvalue weighted by atomic mass is 35.5. The van der Waals surface area contributed by atoms with Crippen LogP contribution in [-0.4, -0.2) is 43.3 Å².